The van der Waals surface area contributed by atoms with Crippen LogP contribution in [0.15, 0.2) is 59.6 Å². The fourth-order valence-corrected chi connectivity index (χ4v) is 4.65. The summed E-state index contributed by atoms with van der Waals surface area (Å²) in [7, 11) is -2.79. The number of alkyl halides is 3. The third-order valence-electron chi connectivity index (χ3n) is 5.34. The van der Waals surface area contributed by atoms with E-state index in [-0.39, 0.29) is 35.6 Å². The highest BCUT2D eigenvalue weighted by atomic mass is 32.2. The zero-order chi connectivity index (χ0) is 25.6. The summed E-state index contributed by atoms with van der Waals surface area (Å²) in [6.07, 6.45) is -3.25. The van der Waals surface area contributed by atoms with E-state index in [4.69, 9.17) is 9.47 Å². The molecule has 35 heavy (non-hydrogen) atoms. The van der Waals surface area contributed by atoms with Crippen LogP contribution in [0.4, 0.5) is 24.7 Å². The summed E-state index contributed by atoms with van der Waals surface area (Å²) in [5.74, 6) is 0.0301. The number of hydrogen-bond donors (Lipinski definition) is 0. The summed E-state index contributed by atoms with van der Waals surface area (Å²) in [6, 6.07) is 9.41. The molecule has 0 bridgehead atoms. The van der Waals surface area contributed by atoms with Crippen LogP contribution in [-0.2, 0) is 22.7 Å². The highest BCUT2D eigenvalue weighted by molar-refractivity contribution is 7.92. The number of hydrogen-bond acceptors (Lipinski definition) is 7. The fourth-order valence-electron chi connectivity index (χ4n) is 3.46. The minimum Gasteiger partial charge on any atom is -0.489 e. The molecule has 0 fully saturated rings. The second-order valence-corrected chi connectivity index (χ2v) is 10.1. The van der Waals surface area contributed by atoms with Crippen molar-refractivity contribution >= 4 is 21.5 Å². The first kappa shape index (κ1) is 24.3. The van der Waals surface area contributed by atoms with Gasteiger partial charge in [0.15, 0.2) is 5.60 Å². The van der Waals surface area contributed by atoms with Gasteiger partial charge < -0.3 is 19.6 Å². The molecule has 0 unspecified atom stereocenters. The van der Waals surface area contributed by atoms with E-state index in [1.807, 2.05) is 0 Å². The van der Waals surface area contributed by atoms with Gasteiger partial charge in [-0.2, -0.15) is 13.2 Å². The van der Waals surface area contributed by atoms with E-state index in [1.165, 1.54) is 42.1 Å². The van der Waals surface area contributed by atoms with Crippen molar-refractivity contribution in [2.75, 3.05) is 18.0 Å². The Balaban J connectivity index is 1.40. The van der Waals surface area contributed by atoms with Crippen LogP contribution in [0.2, 0.25) is 0 Å². The first-order valence-electron chi connectivity index (χ1n) is 10.1. The average molecular weight is 512 g/mol. The third-order valence-corrected chi connectivity index (χ3v) is 7.14. The van der Waals surface area contributed by atoms with Crippen LogP contribution in [-0.4, -0.2) is 42.1 Å². The number of rotatable bonds is 7. The Kier molecular flexibility index (Phi) is 5.87. The SMILES string of the molecule is CN(c1ccc(C(F)(F)F)cc1)S(=O)(=O)c1ccc(OC[C@@]2(C)Cn3cc([N+](=O)[O-])nc3O2)cc1. The summed E-state index contributed by atoms with van der Waals surface area (Å²) in [5, 5.41) is 10.8. The van der Waals surface area contributed by atoms with Crippen LogP contribution in [0.1, 0.15) is 12.5 Å². The molecule has 0 saturated heterocycles. The minimum absolute atomic E-state index is 0.0573. The number of anilines is 1. The van der Waals surface area contributed by atoms with Gasteiger partial charge in [0.1, 0.15) is 18.6 Å². The molecule has 0 saturated carbocycles. The van der Waals surface area contributed by atoms with Crippen molar-refractivity contribution in [1.82, 2.24) is 9.55 Å². The van der Waals surface area contributed by atoms with Crippen LogP contribution in [0, 0.1) is 10.1 Å². The number of imidazole rings is 1. The van der Waals surface area contributed by atoms with E-state index in [0.29, 0.717) is 5.75 Å². The van der Waals surface area contributed by atoms with Crippen molar-refractivity contribution in [3.05, 3.63) is 70.4 Å². The van der Waals surface area contributed by atoms with E-state index in [1.54, 1.807) is 6.92 Å². The number of benzene rings is 2. The van der Waals surface area contributed by atoms with E-state index in [0.717, 1.165) is 28.6 Å². The Morgan fingerprint density at radius 3 is 2.37 bits per heavy atom. The van der Waals surface area contributed by atoms with Crippen molar-refractivity contribution in [3.8, 4) is 11.8 Å². The molecule has 0 aliphatic carbocycles. The average Bonchev–Trinajstić information content (AvgIpc) is 3.32. The molecule has 4 rings (SSSR count). The molecule has 2 aromatic carbocycles. The van der Waals surface area contributed by atoms with Gasteiger partial charge in [0.2, 0.25) is 0 Å². The number of aromatic nitrogens is 2. The molecule has 14 heteroatoms. The van der Waals surface area contributed by atoms with Crippen LogP contribution < -0.4 is 13.8 Å². The van der Waals surface area contributed by atoms with Crippen molar-refractivity contribution in [3.63, 3.8) is 0 Å². The molecule has 3 aromatic rings. The van der Waals surface area contributed by atoms with Crippen molar-refractivity contribution in [2.45, 2.75) is 30.1 Å². The molecule has 10 nitrogen and oxygen atoms in total. The summed E-state index contributed by atoms with van der Waals surface area (Å²) < 4.78 is 77.9. The number of halogens is 3. The van der Waals surface area contributed by atoms with E-state index in [2.05, 4.69) is 4.98 Å². The van der Waals surface area contributed by atoms with Gasteiger partial charge in [-0.3, -0.25) is 8.87 Å². The quantitative estimate of drug-likeness (QED) is 0.349. The number of fused-ring (bicyclic) bond motifs is 1. The molecule has 1 aliphatic rings. The van der Waals surface area contributed by atoms with Gasteiger partial charge in [-0.25, -0.2) is 8.42 Å². The van der Waals surface area contributed by atoms with Gasteiger partial charge in [0, 0.05) is 12.0 Å². The molecule has 1 aliphatic heterocycles. The summed E-state index contributed by atoms with van der Waals surface area (Å²) >= 11 is 0. The largest absolute Gasteiger partial charge is 0.489 e. The summed E-state index contributed by atoms with van der Waals surface area (Å²) in [5.41, 5.74) is -1.65. The highest BCUT2D eigenvalue weighted by Crippen LogP contribution is 2.33. The van der Waals surface area contributed by atoms with Gasteiger partial charge >= 0.3 is 18.0 Å². The van der Waals surface area contributed by atoms with Crippen molar-refractivity contribution in [1.29, 1.82) is 0 Å². The Morgan fingerprint density at radius 2 is 1.83 bits per heavy atom. The maximum atomic E-state index is 12.9. The predicted octanol–water partition coefficient (Wildman–Crippen LogP) is 3.87. The zero-order valence-corrected chi connectivity index (χ0v) is 19.2. The molecule has 1 atom stereocenters. The Labute approximate surface area is 197 Å². The van der Waals surface area contributed by atoms with Gasteiger partial charge in [-0.15, -0.1) is 0 Å². The second-order valence-electron chi connectivity index (χ2n) is 8.10. The number of sulfonamides is 1. The smallest absolute Gasteiger partial charge is 0.416 e. The highest BCUT2D eigenvalue weighted by Gasteiger charge is 2.41. The van der Waals surface area contributed by atoms with Crippen LogP contribution in [0.25, 0.3) is 0 Å². The lowest BCUT2D eigenvalue weighted by Gasteiger charge is -2.22. The minimum atomic E-state index is -4.52. The number of nitro groups is 1. The molecular formula is C21H19F3N4O6S. The molecule has 0 N–H and O–H groups in total. The van der Waals surface area contributed by atoms with Crippen LogP contribution >= 0.6 is 0 Å². The predicted molar refractivity (Wildman–Crippen MR) is 117 cm³/mol. The summed E-state index contributed by atoms with van der Waals surface area (Å²) in [4.78, 5) is 13.9. The maximum Gasteiger partial charge on any atom is 0.416 e. The van der Waals surface area contributed by atoms with E-state index < -0.39 is 32.3 Å². The van der Waals surface area contributed by atoms with E-state index >= 15 is 0 Å². The molecule has 2 heterocycles. The Hall–Kier alpha value is -3.81. The zero-order valence-electron chi connectivity index (χ0n) is 18.4. The number of ether oxygens (including phenoxy) is 2. The van der Waals surface area contributed by atoms with Gasteiger partial charge in [-0.05, 0) is 60.4 Å². The molecule has 0 radical (unpaired) electrons. The van der Waals surface area contributed by atoms with Crippen molar-refractivity contribution < 1.29 is 36.0 Å². The third kappa shape index (κ3) is 4.87. The lowest BCUT2D eigenvalue weighted by molar-refractivity contribution is -0.389. The first-order valence-corrected chi connectivity index (χ1v) is 11.5. The molecule has 1 aromatic heterocycles. The van der Waals surface area contributed by atoms with E-state index in [9.17, 15) is 31.7 Å². The Morgan fingerprint density at radius 1 is 1.20 bits per heavy atom. The van der Waals surface area contributed by atoms with Gasteiger partial charge in [0.05, 0.1) is 22.7 Å². The lowest BCUT2D eigenvalue weighted by atomic mass is 10.1. The maximum absolute atomic E-state index is 12.9. The molecule has 0 amide bonds. The fraction of sp³-hybridized carbons (Fsp3) is 0.286. The second kappa shape index (κ2) is 8.45. The normalized spacial score (nSPS) is 17.5. The van der Waals surface area contributed by atoms with Crippen LogP contribution in [0.5, 0.6) is 11.8 Å². The van der Waals surface area contributed by atoms with Crippen molar-refractivity contribution in [2.24, 2.45) is 0 Å². The van der Waals surface area contributed by atoms with Gasteiger partial charge in [-0.1, -0.05) is 0 Å². The topological polar surface area (TPSA) is 117 Å². The van der Waals surface area contributed by atoms with Crippen LogP contribution in [0.3, 0.4) is 0 Å². The molecular weight excluding hydrogens is 493 g/mol. The summed E-state index contributed by atoms with van der Waals surface area (Å²) in [6.45, 7) is 2.07. The number of nitrogens with zero attached hydrogens (tertiary/aromatic N) is 4. The Bertz CT molecular complexity index is 1330. The lowest BCUT2D eigenvalue weighted by Crippen LogP contribution is -2.38. The molecule has 0 spiro atoms. The monoisotopic (exact) mass is 512 g/mol. The first-order chi connectivity index (χ1) is 16.3. The van der Waals surface area contributed by atoms with Gasteiger partial charge in [0.25, 0.3) is 10.0 Å². The standard InChI is InChI=1S/C21H19F3N4O6S/c1-20(12-27-11-18(28(29)30)25-19(27)34-20)13-33-16-7-9-17(10-8-16)35(31,32)26(2)15-5-3-14(4-6-15)21(22,23)24/h3-11H,12-13H2,1-2H3/t20-/m1/s1. The molecule has 186 valence electrons.